The molecule has 5 heteroatoms. The first-order valence-corrected chi connectivity index (χ1v) is 7.22. The molecule has 0 unspecified atom stereocenters. The topological polar surface area (TPSA) is 68.0 Å². The van der Waals surface area contributed by atoms with Crippen LogP contribution in [-0.2, 0) is 17.8 Å². The smallest absolute Gasteiger partial charge is 0.220 e. The minimum absolute atomic E-state index is 0.0354. The predicted octanol–water partition coefficient (Wildman–Crippen LogP) is 2.78. The summed E-state index contributed by atoms with van der Waals surface area (Å²) in [5.74, 6) is 0.690. The van der Waals surface area contributed by atoms with Gasteiger partial charge in [-0.25, -0.2) is 4.98 Å². The minimum atomic E-state index is 0.0354. The highest BCUT2D eigenvalue weighted by Crippen LogP contribution is 2.17. The first-order chi connectivity index (χ1) is 10.7. The zero-order chi connectivity index (χ0) is 15.4. The molecule has 3 aromatic rings. The van der Waals surface area contributed by atoms with Gasteiger partial charge in [-0.3, -0.25) is 9.78 Å². The van der Waals surface area contributed by atoms with Crippen LogP contribution in [-0.4, -0.2) is 15.9 Å². The van der Waals surface area contributed by atoms with Crippen molar-refractivity contribution in [1.29, 1.82) is 0 Å². The van der Waals surface area contributed by atoms with Crippen LogP contribution in [0.25, 0.3) is 11.1 Å². The number of rotatable bonds is 5. The maximum atomic E-state index is 11.9. The number of hydrogen-bond donors (Lipinski definition) is 1. The molecular weight excluding hydrogens is 278 g/mol. The summed E-state index contributed by atoms with van der Waals surface area (Å²) in [4.78, 5) is 20.1. The zero-order valence-electron chi connectivity index (χ0n) is 12.4. The molecule has 2 heterocycles. The Balaban J connectivity index is 1.53. The number of fused-ring (bicyclic) bond motifs is 1. The van der Waals surface area contributed by atoms with Gasteiger partial charge in [-0.15, -0.1) is 0 Å². The summed E-state index contributed by atoms with van der Waals surface area (Å²) < 4.78 is 5.44. The number of nitrogens with zero attached hydrogens (tertiary/aromatic N) is 2. The highest BCUT2D eigenvalue weighted by atomic mass is 16.3. The summed E-state index contributed by atoms with van der Waals surface area (Å²) in [6.07, 6.45) is 4.57. The van der Waals surface area contributed by atoms with Gasteiger partial charge in [0.25, 0.3) is 0 Å². The van der Waals surface area contributed by atoms with Gasteiger partial charge in [0.1, 0.15) is 5.52 Å². The van der Waals surface area contributed by atoms with Crippen LogP contribution in [0.3, 0.4) is 0 Å². The third-order valence-electron chi connectivity index (χ3n) is 3.44. The standard InChI is InChI=1S/C17H17N3O2/c1-12-20-15-10-13(2-4-16(15)22-12)3-5-17(21)19-11-14-6-8-18-9-7-14/h2,4,6-10H,3,5,11H2,1H3,(H,19,21). The number of aromatic nitrogens is 2. The van der Waals surface area contributed by atoms with Gasteiger partial charge in [0.15, 0.2) is 11.5 Å². The molecule has 0 aliphatic heterocycles. The van der Waals surface area contributed by atoms with E-state index in [1.54, 1.807) is 12.4 Å². The maximum absolute atomic E-state index is 11.9. The predicted molar refractivity (Wildman–Crippen MR) is 83.2 cm³/mol. The largest absolute Gasteiger partial charge is 0.441 e. The van der Waals surface area contributed by atoms with Crippen molar-refractivity contribution in [2.75, 3.05) is 0 Å². The van der Waals surface area contributed by atoms with Crippen LogP contribution in [0, 0.1) is 6.92 Å². The van der Waals surface area contributed by atoms with Crippen molar-refractivity contribution in [3.8, 4) is 0 Å². The summed E-state index contributed by atoms with van der Waals surface area (Å²) in [7, 11) is 0. The van der Waals surface area contributed by atoms with Crippen molar-refractivity contribution in [2.45, 2.75) is 26.3 Å². The number of hydrogen-bond acceptors (Lipinski definition) is 4. The molecule has 0 spiro atoms. The van der Waals surface area contributed by atoms with E-state index in [0.717, 1.165) is 22.2 Å². The highest BCUT2D eigenvalue weighted by molar-refractivity contribution is 5.77. The number of carbonyl (C=O) groups is 1. The van der Waals surface area contributed by atoms with Gasteiger partial charge in [-0.05, 0) is 41.8 Å². The molecule has 0 atom stereocenters. The lowest BCUT2D eigenvalue weighted by molar-refractivity contribution is -0.121. The lowest BCUT2D eigenvalue weighted by atomic mass is 10.1. The number of aryl methyl sites for hydroxylation is 2. The summed E-state index contributed by atoms with van der Waals surface area (Å²) in [5, 5.41) is 2.91. The third-order valence-corrected chi connectivity index (χ3v) is 3.44. The average molecular weight is 295 g/mol. The Bertz CT molecular complexity index is 781. The zero-order valence-corrected chi connectivity index (χ0v) is 12.4. The number of benzene rings is 1. The van der Waals surface area contributed by atoms with E-state index < -0.39 is 0 Å². The van der Waals surface area contributed by atoms with Crippen LogP contribution < -0.4 is 5.32 Å². The van der Waals surface area contributed by atoms with Crippen molar-refractivity contribution < 1.29 is 9.21 Å². The molecule has 0 fully saturated rings. The fourth-order valence-electron chi connectivity index (χ4n) is 2.29. The second-order valence-corrected chi connectivity index (χ2v) is 5.17. The van der Waals surface area contributed by atoms with Gasteiger partial charge in [0.05, 0.1) is 0 Å². The number of pyridine rings is 1. The Kier molecular flexibility index (Phi) is 4.14. The molecule has 1 aromatic carbocycles. The second-order valence-electron chi connectivity index (χ2n) is 5.17. The lowest BCUT2D eigenvalue weighted by Gasteiger charge is -2.05. The van der Waals surface area contributed by atoms with E-state index in [2.05, 4.69) is 15.3 Å². The molecule has 5 nitrogen and oxygen atoms in total. The molecule has 0 saturated heterocycles. The maximum Gasteiger partial charge on any atom is 0.220 e. The molecule has 1 amide bonds. The van der Waals surface area contributed by atoms with E-state index in [9.17, 15) is 4.79 Å². The Morgan fingerprint density at radius 3 is 2.82 bits per heavy atom. The van der Waals surface area contributed by atoms with E-state index in [4.69, 9.17) is 4.42 Å². The van der Waals surface area contributed by atoms with E-state index in [1.165, 1.54) is 0 Å². The van der Waals surface area contributed by atoms with Crippen molar-refractivity contribution >= 4 is 17.0 Å². The van der Waals surface area contributed by atoms with Crippen LogP contribution in [0.4, 0.5) is 0 Å². The van der Waals surface area contributed by atoms with Crippen molar-refractivity contribution in [3.05, 3.63) is 59.7 Å². The Morgan fingerprint density at radius 1 is 1.18 bits per heavy atom. The number of carbonyl (C=O) groups excluding carboxylic acids is 1. The van der Waals surface area contributed by atoms with Gasteiger partial charge in [-0.2, -0.15) is 0 Å². The summed E-state index contributed by atoms with van der Waals surface area (Å²) >= 11 is 0. The molecule has 2 aromatic heterocycles. The Labute approximate surface area is 128 Å². The summed E-state index contributed by atoms with van der Waals surface area (Å²) in [6, 6.07) is 9.63. The SMILES string of the molecule is Cc1nc2cc(CCC(=O)NCc3ccncc3)ccc2o1. The molecule has 0 bridgehead atoms. The van der Waals surface area contributed by atoms with E-state index in [0.29, 0.717) is 25.3 Å². The Morgan fingerprint density at radius 2 is 2.00 bits per heavy atom. The van der Waals surface area contributed by atoms with Gasteiger partial charge < -0.3 is 9.73 Å². The van der Waals surface area contributed by atoms with E-state index in [-0.39, 0.29) is 5.91 Å². The number of amides is 1. The normalized spacial score (nSPS) is 10.8. The molecule has 22 heavy (non-hydrogen) atoms. The molecule has 0 radical (unpaired) electrons. The second kappa shape index (κ2) is 6.39. The van der Waals surface area contributed by atoms with Crippen LogP contribution in [0.2, 0.25) is 0 Å². The fraction of sp³-hybridized carbons (Fsp3) is 0.235. The highest BCUT2D eigenvalue weighted by Gasteiger charge is 2.06. The molecule has 1 N–H and O–H groups in total. The number of nitrogens with one attached hydrogen (secondary N) is 1. The van der Waals surface area contributed by atoms with Crippen molar-refractivity contribution in [1.82, 2.24) is 15.3 Å². The van der Waals surface area contributed by atoms with Crippen LogP contribution in [0.1, 0.15) is 23.4 Å². The molecule has 3 rings (SSSR count). The quantitative estimate of drug-likeness (QED) is 0.786. The summed E-state index contributed by atoms with van der Waals surface area (Å²) in [5.41, 5.74) is 3.75. The van der Waals surface area contributed by atoms with Crippen LogP contribution in [0.15, 0.2) is 47.1 Å². The third kappa shape index (κ3) is 3.49. The first kappa shape index (κ1) is 14.3. The average Bonchev–Trinajstić information content (AvgIpc) is 2.91. The van der Waals surface area contributed by atoms with Gasteiger partial charge in [-0.1, -0.05) is 6.07 Å². The molecule has 0 aliphatic rings. The van der Waals surface area contributed by atoms with Crippen LogP contribution in [0.5, 0.6) is 0 Å². The van der Waals surface area contributed by atoms with Crippen molar-refractivity contribution in [2.24, 2.45) is 0 Å². The molecular formula is C17H17N3O2. The number of oxazole rings is 1. The van der Waals surface area contributed by atoms with Crippen LogP contribution >= 0.6 is 0 Å². The molecule has 0 saturated carbocycles. The minimum Gasteiger partial charge on any atom is -0.441 e. The fourth-order valence-corrected chi connectivity index (χ4v) is 2.29. The Hall–Kier alpha value is -2.69. The van der Waals surface area contributed by atoms with Gasteiger partial charge >= 0.3 is 0 Å². The molecule has 0 aliphatic carbocycles. The summed E-state index contributed by atoms with van der Waals surface area (Å²) in [6.45, 7) is 2.36. The van der Waals surface area contributed by atoms with E-state index in [1.807, 2.05) is 37.3 Å². The van der Waals surface area contributed by atoms with Crippen molar-refractivity contribution in [3.63, 3.8) is 0 Å². The van der Waals surface area contributed by atoms with Gasteiger partial charge in [0, 0.05) is 32.3 Å². The lowest BCUT2D eigenvalue weighted by Crippen LogP contribution is -2.22. The molecule has 112 valence electrons. The van der Waals surface area contributed by atoms with Gasteiger partial charge in [0.2, 0.25) is 5.91 Å². The van der Waals surface area contributed by atoms with E-state index >= 15 is 0 Å². The monoisotopic (exact) mass is 295 g/mol. The first-order valence-electron chi connectivity index (χ1n) is 7.22.